The van der Waals surface area contributed by atoms with Crippen molar-refractivity contribution in [3.05, 3.63) is 23.8 Å². The van der Waals surface area contributed by atoms with E-state index in [1.54, 1.807) is 39.3 Å². The van der Waals surface area contributed by atoms with E-state index in [2.05, 4.69) is 0 Å². The zero-order valence-electron chi connectivity index (χ0n) is 12.7. The number of ether oxygens (including phenoxy) is 5. The number of hydrogen-bond donors (Lipinski definition) is 0. The van der Waals surface area contributed by atoms with Gasteiger partial charge in [0.1, 0.15) is 18.8 Å². The standard InChI is InChI=1S/C15H22O6/c1-4-19-15(16)12-6-5-7-13(20-10-8-17-2)14(12)21-11-9-18-3/h5-7H,4,8-11H2,1-3H3. The zero-order valence-corrected chi connectivity index (χ0v) is 12.7. The SMILES string of the molecule is CCOC(=O)c1cccc(OCCOC)c1OCCOC. The molecule has 0 N–H and O–H groups in total. The van der Waals surface area contributed by atoms with Crippen LogP contribution in [0.2, 0.25) is 0 Å². The first kappa shape index (κ1) is 17.3. The molecule has 0 spiro atoms. The van der Waals surface area contributed by atoms with Crippen molar-refractivity contribution in [2.24, 2.45) is 0 Å². The molecule has 6 heteroatoms. The molecule has 1 aromatic rings. The van der Waals surface area contributed by atoms with Crippen LogP contribution in [0.4, 0.5) is 0 Å². The monoisotopic (exact) mass is 298 g/mol. The lowest BCUT2D eigenvalue weighted by atomic mass is 10.2. The summed E-state index contributed by atoms with van der Waals surface area (Å²) in [6.07, 6.45) is 0. The third-order valence-electron chi connectivity index (χ3n) is 2.55. The van der Waals surface area contributed by atoms with Gasteiger partial charge < -0.3 is 23.7 Å². The van der Waals surface area contributed by atoms with Crippen LogP contribution in [-0.4, -0.2) is 53.2 Å². The molecule has 0 radical (unpaired) electrons. The Morgan fingerprint density at radius 2 is 1.67 bits per heavy atom. The molecular weight excluding hydrogens is 276 g/mol. The van der Waals surface area contributed by atoms with Gasteiger partial charge in [0, 0.05) is 14.2 Å². The summed E-state index contributed by atoms with van der Waals surface area (Å²) in [4.78, 5) is 12.0. The Hall–Kier alpha value is -1.79. The highest BCUT2D eigenvalue weighted by Gasteiger charge is 2.18. The summed E-state index contributed by atoms with van der Waals surface area (Å²) < 4.78 is 26.1. The van der Waals surface area contributed by atoms with Crippen molar-refractivity contribution >= 4 is 5.97 Å². The summed E-state index contributed by atoms with van der Waals surface area (Å²) in [6.45, 7) is 3.58. The largest absolute Gasteiger partial charge is 0.487 e. The number of esters is 1. The van der Waals surface area contributed by atoms with Crippen molar-refractivity contribution in [3.8, 4) is 11.5 Å². The molecule has 118 valence electrons. The average molecular weight is 298 g/mol. The van der Waals surface area contributed by atoms with Crippen LogP contribution < -0.4 is 9.47 Å². The van der Waals surface area contributed by atoms with Crippen LogP contribution in [-0.2, 0) is 14.2 Å². The Kier molecular flexibility index (Phi) is 8.23. The van der Waals surface area contributed by atoms with E-state index in [0.29, 0.717) is 50.1 Å². The zero-order chi connectivity index (χ0) is 15.5. The molecule has 0 aromatic heterocycles. The molecule has 0 bridgehead atoms. The molecule has 0 heterocycles. The van der Waals surface area contributed by atoms with Gasteiger partial charge in [0.05, 0.1) is 19.8 Å². The van der Waals surface area contributed by atoms with Gasteiger partial charge in [-0.1, -0.05) is 6.07 Å². The number of benzene rings is 1. The predicted molar refractivity (Wildman–Crippen MR) is 77.1 cm³/mol. The van der Waals surface area contributed by atoms with Crippen molar-refractivity contribution < 1.29 is 28.5 Å². The van der Waals surface area contributed by atoms with Gasteiger partial charge in [0.15, 0.2) is 11.5 Å². The first-order valence-corrected chi connectivity index (χ1v) is 6.78. The molecule has 21 heavy (non-hydrogen) atoms. The Labute approximate surface area is 124 Å². The molecule has 6 nitrogen and oxygen atoms in total. The molecule has 0 saturated carbocycles. The number of rotatable bonds is 10. The molecule has 1 aromatic carbocycles. The maximum absolute atomic E-state index is 12.0. The van der Waals surface area contributed by atoms with Gasteiger partial charge >= 0.3 is 5.97 Å². The fourth-order valence-corrected chi connectivity index (χ4v) is 1.61. The Morgan fingerprint density at radius 3 is 2.29 bits per heavy atom. The number of para-hydroxylation sites is 1. The topological polar surface area (TPSA) is 63.2 Å². The van der Waals surface area contributed by atoms with Crippen molar-refractivity contribution in [3.63, 3.8) is 0 Å². The van der Waals surface area contributed by atoms with E-state index < -0.39 is 5.97 Å². The van der Waals surface area contributed by atoms with Gasteiger partial charge in [-0.05, 0) is 19.1 Å². The second kappa shape index (κ2) is 10.0. The highest BCUT2D eigenvalue weighted by Crippen LogP contribution is 2.32. The molecule has 0 fully saturated rings. The lowest BCUT2D eigenvalue weighted by Gasteiger charge is -2.15. The van der Waals surface area contributed by atoms with E-state index in [9.17, 15) is 4.79 Å². The predicted octanol–water partition coefficient (Wildman–Crippen LogP) is 1.91. The highest BCUT2D eigenvalue weighted by atomic mass is 16.6. The summed E-state index contributed by atoms with van der Waals surface area (Å²) in [6, 6.07) is 5.10. The van der Waals surface area contributed by atoms with Crippen LogP contribution in [0.25, 0.3) is 0 Å². The summed E-state index contributed by atoms with van der Waals surface area (Å²) in [5.41, 5.74) is 0.336. The summed E-state index contributed by atoms with van der Waals surface area (Å²) in [7, 11) is 3.17. The van der Waals surface area contributed by atoms with Crippen molar-refractivity contribution in [1.29, 1.82) is 0 Å². The van der Waals surface area contributed by atoms with E-state index in [0.717, 1.165) is 0 Å². The van der Waals surface area contributed by atoms with Gasteiger partial charge in [0.2, 0.25) is 0 Å². The lowest BCUT2D eigenvalue weighted by molar-refractivity contribution is 0.0518. The smallest absolute Gasteiger partial charge is 0.342 e. The molecule has 0 atom stereocenters. The Morgan fingerprint density at radius 1 is 1.00 bits per heavy atom. The molecule has 0 unspecified atom stereocenters. The maximum Gasteiger partial charge on any atom is 0.342 e. The number of carbonyl (C=O) groups excluding carboxylic acids is 1. The Bertz CT molecular complexity index is 432. The quantitative estimate of drug-likeness (QED) is 0.486. The minimum absolute atomic E-state index is 0.297. The average Bonchev–Trinajstić information content (AvgIpc) is 2.49. The molecule has 0 aliphatic heterocycles. The highest BCUT2D eigenvalue weighted by molar-refractivity contribution is 5.93. The normalized spacial score (nSPS) is 10.2. The molecule has 1 rings (SSSR count). The fourth-order valence-electron chi connectivity index (χ4n) is 1.61. The van der Waals surface area contributed by atoms with E-state index in [1.165, 1.54) is 0 Å². The molecule has 0 aliphatic carbocycles. The third-order valence-corrected chi connectivity index (χ3v) is 2.55. The summed E-state index contributed by atoms with van der Waals surface area (Å²) in [5, 5.41) is 0. The molecule has 0 amide bonds. The second-order valence-corrected chi connectivity index (χ2v) is 4.04. The van der Waals surface area contributed by atoms with E-state index >= 15 is 0 Å². The van der Waals surface area contributed by atoms with Gasteiger partial charge in [-0.25, -0.2) is 4.79 Å². The first-order chi connectivity index (χ1) is 10.2. The van der Waals surface area contributed by atoms with E-state index in [4.69, 9.17) is 23.7 Å². The van der Waals surface area contributed by atoms with Crippen molar-refractivity contribution in [2.45, 2.75) is 6.92 Å². The number of methoxy groups -OCH3 is 2. The third kappa shape index (κ3) is 5.61. The van der Waals surface area contributed by atoms with Gasteiger partial charge in [-0.3, -0.25) is 0 Å². The van der Waals surface area contributed by atoms with Crippen molar-refractivity contribution in [2.75, 3.05) is 47.3 Å². The summed E-state index contributed by atoms with van der Waals surface area (Å²) >= 11 is 0. The number of carbonyl (C=O) groups is 1. The fraction of sp³-hybridized carbons (Fsp3) is 0.533. The molecule has 0 aliphatic rings. The van der Waals surface area contributed by atoms with Gasteiger partial charge in [-0.15, -0.1) is 0 Å². The van der Waals surface area contributed by atoms with Crippen LogP contribution in [0.1, 0.15) is 17.3 Å². The van der Waals surface area contributed by atoms with Crippen LogP contribution in [0.5, 0.6) is 11.5 Å². The van der Waals surface area contributed by atoms with Crippen LogP contribution in [0.3, 0.4) is 0 Å². The van der Waals surface area contributed by atoms with Gasteiger partial charge in [-0.2, -0.15) is 0 Å². The van der Waals surface area contributed by atoms with Crippen LogP contribution >= 0.6 is 0 Å². The molecule has 0 saturated heterocycles. The van der Waals surface area contributed by atoms with Crippen LogP contribution in [0, 0.1) is 0 Å². The summed E-state index contributed by atoms with van der Waals surface area (Å²) in [5.74, 6) is 0.403. The minimum atomic E-state index is -0.442. The van der Waals surface area contributed by atoms with E-state index in [1.807, 2.05) is 0 Å². The lowest BCUT2D eigenvalue weighted by Crippen LogP contribution is -2.13. The van der Waals surface area contributed by atoms with Crippen molar-refractivity contribution in [1.82, 2.24) is 0 Å². The van der Waals surface area contributed by atoms with Gasteiger partial charge in [0.25, 0.3) is 0 Å². The second-order valence-electron chi connectivity index (χ2n) is 4.04. The molecular formula is C15H22O6. The Balaban J connectivity index is 2.93. The minimum Gasteiger partial charge on any atom is -0.487 e. The van der Waals surface area contributed by atoms with E-state index in [-0.39, 0.29) is 0 Å². The van der Waals surface area contributed by atoms with Crippen LogP contribution in [0.15, 0.2) is 18.2 Å². The maximum atomic E-state index is 12.0. The number of hydrogen-bond acceptors (Lipinski definition) is 6. The first-order valence-electron chi connectivity index (χ1n) is 6.78.